The van der Waals surface area contributed by atoms with Gasteiger partial charge in [-0.05, 0) is 72.0 Å². The molecule has 2 aliphatic rings. The lowest BCUT2D eigenvalue weighted by Crippen LogP contribution is -2.59. The summed E-state index contributed by atoms with van der Waals surface area (Å²) in [5, 5.41) is 77.0. The lowest BCUT2D eigenvalue weighted by molar-refractivity contribution is -0.301. The van der Waals surface area contributed by atoms with E-state index < -0.39 is 74.6 Å². The van der Waals surface area contributed by atoms with Crippen LogP contribution in [0.5, 0.6) is 0 Å². The van der Waals surface area contributed by atoms with Gasteiger partial charge in [0.25, 0.3) is 0 Å². The molecule has 226 valence electrons. The van der Waals surface area contributed by atoms with Gasteiger partial charge in [0.05, 0.1) is 26.4 Å². The topological polar surface area (TPSA) is 199 Å². The first-order valence-corrected chi connectivity index (χ1v) is 13.1. The highest BCUT2D eigenvalue weighted by Gasteiger charge is 2.44. The third-order valence-corrected chi connectivity index (χ3v) is 5.89. The lowest BCUT2D eigenvalue weighted by Gasteiger charge is -2.39. The molecule has 0 aromatic heterocycles. The Balaban J connectivity index is 1.57. The monoisotopic (exact) mass is 586 g/mol. The number of unbranched alkanes of at least 4 members (excludes halogenated alkanes) is 2. The van der Waals surface area contributed by atoms with Crippen LogP contribution < -0.4 is 0 Å². The lowest BCUT2D eigenvalue weighted by atomic mass is 9.99. The van der Waals surface area contributed by atoms with Gasteiger partial charge in [-0.1, -0.05) is 11.8 Å². The maximum absolute atomic E-state index is 9.88. The molecule has 0 bridgehead atoms. The second-order valence-corrected chi connectivity index (χ2v) is 8.95. The molecule has 2 fully saturated rings. The van der Waals surface area contributed by atoms with Crippen LogP contribution in [0, 0.1) is 71.0 Å². The van der Waals surface area contributed by atoms with E-state index in [2.05, 4.69) is 71.0 Å². The highest BCUT2D eigenvalue weighted by Crippen LogP contribution is 2.23. The van der Waals surface area contributed by atoms with Gasteiger partial charge in [-0.15, -0.1) is 0 Å². The Morgan fingerprint density at radius 3 is 1.12 bits per heavy atom. The van der Waals surface area contributed by atoms with Crippen LogP contribution in [0.4, 0.5) is 0 Å². The fraction of sp³-hybridized carbons (Fsp3) is 0.600. The summed E-state index contributed by atoms with van der Waals surface area (Å²) in [5.74, 6) is 31.0. The first-order chi connectivity index (χ1) is 20.3. The molecule has 2 saturated heterocycles. The van der Waals surface area contributed by atoms with Gasteiger partial charge >= 0.3 is 0 Å². The van der Waals surface area contributed by atoms with Gasteiger partial charge < -0.3 is 59.8 Å². The summed E-state index contributed by atoms with van der Waals surface area (Å²) in [5.41, 5.74) is 0. The average molecular weight is 587 g/mol. The molecule has 10 atom stereocenters. The van der Waals surface area contributed by atoms with Crippen molar-refractivity contribution in [2.45, 2.75) is 87.1 Å². The molecule has 0 unspecified atom stereocenters. The van der Waals surface area contributed by atoms with Crippen LogP contribution in [-0.4, -0.2) is 129 Å². The van der Waals surface area contributed by atoms with Gasteiger partial charge in [0.15, 0.2) is 12.6 Å². The van der Waals surface area contributed by atoms with Crippen molar-refractivity contribution in [3.63, 3.8) is 0 Å². The second kappa shape index (κ2) is 19.9. The molecule has 2 heterocycles. The Kier molecular flexibility index (Phi) is 16.6. The number of rotatable bonds is 10. The largest absolute Gasteiger partial charge is 0.394 e. The summed E-state index contributed by atoms with van der Waals surface area (Å²) in [6, 6.07) is 0. The van der Waals surface area contributed by atoms with E-state index in [1.54, 1.807) is 0 Å². The molecule has 0 aromatic rings. The van der Waals surface area contributed by atoms with Gasteiger partial charge in [-0.3, -0.25) is 0 Å². The highest BCUT2D eigenvalue weighted by atomic mass is 16.7. The molecule has 2 rings (SSSR count). The van der Waals surface area contributed by atoms with Crippen molar-refractivity contribution in [2.24, 2.45) is 0 Å². The van der Waals surface area contributed by atoms with Crippen LogP contribution in [0.2, 0.25) is 0 Å². The number of hydrogen-bond donors (Lipinski definition) is 8. The number of hydrogen-bond acceptors (Lipinski definition) is 12. The van der Waals surface area contributed by atoms with E-state index in [1.165, 1.54) is 0 Å². The Bertz CT molecular complexity index is 1110. The highest BCUT2D eigenvalue weighted by molar-refractivity contribution is 5.44. The number of aliphatic hydroxyl groups excluding tert-OH is 8. The molecular weight excluding hydrogens is 552 g/mol. The standard InChI is InChI=1S/C30H34O12/c31-19-21-23(33)25(35)27(37)29(41-21)39-17-15-13-11-9-7-5-3-1-2-4-6-8-10-12-14-16-18-40-30-28(38)26(36)24(34)22(20-32)42-30/h21-38H,13-20H2/t21-,22-,23-,24-,25+,26+,27-,28-,29-,30-/m1/s1. The zero-order valence-corrected chi connectivity index (χ0v) is 22.6. The van der Waals surface area contributed by atoms with Crippen LogP contribution in [0.3, 0.4) is 0 Å². The van der Waals surface area contributed by atoms with Crippen LogP contribution >= 0.6 is 0 Å². The number of aliphatic hydroxyl groups is 8. The molecular formula is C30H34O12. The van der Waals surface area contributed by atoms with E-state index in [9.17, 15) is 30.6 Å². The van der Waals surface area contributed by atoms with Crippen molar-refractivity contribution in [3.8, 4) is 71.0 Å². The van der Waals surface area contributed by atoms with E-state index in [4.69, 9.17) is 29.2 Å². The Morgan fingerprint density at radius 2 is 0.786 bits per heavy atom. The summed E-state index contributed by atoms with van der Waals surface area (Å²) < 4.78 is 21.2. The van der Waals surface area contributed by atoms with Crippen molar-refractivity contribution in [3.05, 3.63) is 0 Å². The molecule has 0 spiro atoms. The molecule has 12 nitrogen and oxygen atoms in total. The third kappa shape index (κ3) is 11.6. The fourth-order valence-corrected chi connectivity index (χ4v) is 3.59. The molecule has 0 aliphatic carbocycles. The molecule has 12 heteroatoms. The van der Waals surface area contributed by atoms with E-state index in [0.717, 1.165) is 0 Å². The van der Waals surface area contributed by atoms with Crippen LogP contribution in [-0.2, 0) is 18.9 Å². The summed E-state index contributed by atoms with van der Waals surface area (Å²) >= 11 is 0. The fourth-order valence-electron chi connectivity index (χ4n) is 3.59. The normalized spacial score (nSPS) is 31.4. The van der Waals surface area contributed by atoms with Crippen molar-refractivity contribution < 1.29 is 59.8 Å². The van der Waals surface area contributed by atoms with Crippen molar-refractivity contribution >= 4 is 0 Å². The van der Waals surface area contributed by atoms with E-state index in [-0.39, 0.29) is 13.2 Å². The van der Waals surface area contributed by atoms with Crippen LogP contribution in [0.15, 0.2) is 0 Å². The van der Waals surface area contributed by atoms with Gasteiger partial charge in [0.2, 0.25) is 0 Å². The zero-order chi connectivity index (χ0) is 30.7. The first kappa shape index (κ1) is 35.1. The second-order valence-electron chi connectivity index (χ2n) is 8.95. The summed E-state index contributed by atoms with van der Waals surface area (Å²) in [6.45, 7) is -0.700. The van der Waals surface area contributed by atoms with Gasteiger partial charge in [0.1, 0.15) is 48.8 Å². The average Bonchev–Trinajstić information content (AvgIpc) is 2.99. The Labute approximate surface area is 244 Å². The summed E-state index contributed by atoms with van der Waals surface area (Å²) in [6.07, 6.45) is -11.2. The molecule has 0 saturated carbocycles. The van der Waals surface area contributed by atoms with Crippen molar-refractivity contribution in [2.75, 3.05) is 26.4 Å². The van der Waals surface area contributed by atoms with Crippen LogP contribution in [0.25, 0.3) is 0 Å². The molecule has 0 radical (unpaired) electrons. The smallest absolute Gasteiger partial charge is 0.186 e. The van der Waals surface area contributed by atoms with E-state index >= 15 is 0 Å². The van der Waals surface area contributed by atoms with Gasteiger partial charge in [-0.2, -0.15) is 0 Å². The molecule has 0 aromatic carbocycles. The van der Waals surface area contributed by atoms with Crippen molar-refractivity contribution in [1.29, 1.82) is 0 Å². The number of ether oxygens (including phenoxy) is 4. The van der Waals surface area contributed by atoms with E-state index in [1.807, 2.05) is 0 Å². The molecule has 0 amide bonds. The molecule has 2 aliphatic heterocycles. The van der Waals surface area contributed by atoms with Gasteiger partial charge in [-0.25, -0.2) is 0 Å². The summed E-state index contributed by atoms with van der Waals surface area (Å²) in [4.78, 5) is 0. The minimum absolute atomic E-state index is 0.172. The zero-order valence-electron chi connectivity index (χ0n) is 22.6. The van der Waals surface area contributed by atoms with E-state index in [0.29, 0.717) is 25.7 Å². The minimum atomic E-state index is -1.48. The van der Waals surface area contributed by atoms with Crippen molar-refractivity contribution in [1.82, 2.24) is 0 Å². The molecule has 8 N–H and O–H groups in total. The SMILES string of the molecule is OC[C@H]1O[C@@H](OCCCC#CC#CC#CC#CC#CC#CCCCO[C@@H]2O[C@H](CO)[C@@H](O)[C@H](O)[C@H]2O)[C@H](O)[C@@H](O)[C@@H]1O. The minimum Gasteiger partial charge on any atom is -0.394 e. The molecule has 42 heavy (non-hydrogen) atoms. The van der Waals surface area contributed by atoms with Crippen LogP contribution in [0.1, 0.15) is 25.7 Å². The first-order valence-electron chi connectivity index (χ1n) is 13.1. The Hall–Kier alpha value is -3.12. The van der Waals surface area contributed by atoms with Gasteiger partial charge in [0, 0.05) is 12.8 Å². The maximum Gasteiger partial charge on any atom is 0.186 e. The predicted octanol–water partition coefficient (Wildman–Crippen LogP) is -3.80. The third-order valence-electron chi connectivity index (χ3n) is 5.89. The maximum atomic E-state index is 9.88. The Morgan fingerprint density at radius 1 is 0.452 bits per heavy atom. The summed E-state index contributed by atoms with van der Waals surface area (Å²) in [7, 11) is 0. The predicted molar refractivity (Wildman–Crippen MR) is 145 cm³/mol. The quantitative estimate of drug-likeness (QED) is 0.0919.